The zero-order valence-corrected chi connectivity index (χ0v) is 10.1. The molecule has 1 aromatic carbocycles. The molecule has 0 saturated heterocycles. The molecule has 0 aliphatic rings. The second kappa shape index (κ2) is 5.07. The third-order valence-electron chi connectivity index (χ3n) is 2.43. The van der Waals surface area contributed by atoms with Crippen molar-refractivity contribution in [3.63, 3.8) is 0 Å². The highest BCUT2D eigenvalue weighted by atomic mass is 35.5. The molecule has 0 N–H and O–H groups in total. The molecule has 0 radical (unpaired) electrons. The average molecular weight is 277 g/mol. The highest BCUT2D eigenvalue weighted by molar-refractivity contribution is 6.31. The summed E-state index contributed by atoms with van der Waals surface area (Å²) in [5.74, 6) is -1.23. The number of benzene rings is 1. The first-order chi connectivity index (χ1) is 8.09. The van der Waals surface area contributed by atoms with Crippen molar-refractivity contribution in [2.75, 3.05) is 0 Å². The van der Waals surface area contributed by atoms with E-state index in [4.69, 9.17) is 27.6 Å². The van der Waals surface area contributed by atoms with Crippen molar-refractivity contribution < 1.29 is 13.2 Å². The van der Waals surface area contributed by atoms with E-state index in [0.29, 0.717) is 5.56 Å². The molecule has 0 aliphatic heterocycles. The van der Waals surface area contributed by atoms with Gasteiger partial charge in [0.05, 0.1) is 11.6 Å². The summed E-state index contributed by atoms with van der Waals surface area (Å²) < 4.78 is 31.7. The minimum Gasteiger partial charge on any atom is -0.453 e. The van der Waals surface area contributed by atoms with Crippen molar-refractivity contribution >= 4 is 23.2 Å². The molecular weight excluding hydrogens is 269 g/mol. The van der Waals surface area contributed by atoms with Crippen LogP contribution in [0.3, 0.4) is 0 Å². The van der Waals surface area contributed by atoms with Crippen LogP contribution in [0.2, 0.25) is 5.22 Å². The van der Waals surface area contributed by atoms with Gasteiger partial charge in [-0.2, -0.15) is 0 Å². The van der Waals surface area contributed by atoms with E-state index in [-0.39, 0.29) is 17.2 Å². The van der Waals surface area contributed by atoms with Crippen LogP contribution in [0.1, 0.15) is 16.5 Å². The van der Waals surface area contributed by atoms with Crippen molar-refractivity contribution in [3.8, 4) is 0 Å². The van der Waals surface area contributed by atoms with Crippen LogP contribution in [-0.4, -0.2) is 0 Å². The summed E-state index contributed by atoms with van der Waals surface area (Å²) in [5, 5.41) is -0.491. The maximum absolute atomic E-state index is 13.4. The van der Waals surface area contributed by atoms with Crippen molar-refractivity contribution in [2.24, 2.45) is 0 Å². The van der Waals surface area contributed by atoms with Crippen molar-refractivity contribution in [1.29, 1.82) is 0 Å². The summed E-state index contributed by atoms with van der Waals surface area (Å²) in [5.41, 5.74) is 0.473. The maximum Gasteiger partial charge on any atom is 0.197 e. The topological polar surface area (TPSA) is 13.1 Å². The standard InChI is InChI=1S/C12H8Cl2F2O/c13-9(7-4-5-17-12(7)14)6-8-10(15)2-1-3-11(8)16/h1-5,9H,6H2. The molecular formula is C12H8Cl2F2O. The van der Waals surface area contributed by atoms with E-state index in [1.54, 1.807) is 6.07 Å². The van der Waals surface area contributed by atoms with E-state index in [2.05, 4.69) is 0 Å². The van der Waals surface area contributed by atoms with Crippen LogP contribution in [0, 0.1) is 11.6 Å². The Labute approximate surface area is 107 Å². The highest BCUT2D eigenvalue weighted by Gasteiger charge is 2.19. The minimum atomic E-state index is -0.632. The van der Waals surface area contributed by atoms with Crippen LogP contribution in [0.4, 0.5) is 8.78 Å². The van der Waals surface area contributed by atoms with E-state index < -0.39 is 17.0 Å². The first-order valence-electron chi connectivity index (χ1n) is 4.89. The molecule has 0 aliphatic carbocycles. The molecule has 1 atom stereocenters. The van der Waals surface area contributed by atoms with Crippen LogP contribution < -0.4 is 0 Å². The van der Waals surface area contributed by atoms with Crippen molar-refractivity contribution in [3.05, 3.63) is 58.5 Å². The number of hydrogen-bond acceptors (Lipinski definition) is 1. The predicted octanol–water partition coefficient (Wildman–Crippen LogP) is 4.73. The lowest BCUT2D eigenvalue weighted by atomic mass is 10.1. The van der Waals surface area contributed by atoms with Crippen LogP contribution in [0.5, 0.6) is 0 Å². The van der Waals surface area contributed by atoms with Crippen LogP contribution in [0.15, 0.2) is 34.9 Å². The Morgan fingerprint density at radius 3 is 2.35 bits per heavy atom. The fourth-order valence-electron chi connectivity index (χ4n) is 1.54. The van der Waals surface area contributed by atoms with Gasteiger partial charge in [-0.15, -0.1) is 11.6 Å². The van der Waals surface area contributed by atoms with Gasteiger partial charge in [0.25, 0.3) is 0 Å². The van der Waals surface area contributed by atoms with Gasteiger partial charge >= 0.3 is 0 Å². The third kappa shape index (κ3) is 2.61. The van der Waals surface area contributed by atoms with E-state index in [1.807, 2.05) is 0 Å². The predicted molar refractivity (Wildman–Crippen MR) is 62.4 cm³/mol. The summed E-state index contributed by atoms with van der Waals surface area (Å²) in [6.45, 7) is 0. The fourth-order valence-corrected chi connectivity index (χ4v) is 2.17. The van der Waals surface area contributed by atoms with Gasteiger partial charge in [-0.25, -0.2) is 8.78 Å². The quantitative estimate of drug-likeness (QED) is 0.739. The number of furan rings is 1. The lowest BCUT2D eigenvalue weighted by molar-refractivity contribution is 0.549. The molecule has 2 aromatic rings. The van der Waals surface area contributed by atoms with E-state index >= 15 is 0 Å². The summed E-state index contributed by atoms with van der Waals surface area (Å²) in [6.07, 6.45) is 1.39. The normalized spacial score (nSPS) is 12.7. The molecule has 0 amide bonds. The van der Waals surface area contributed by atoms with E-state index in [0.717, 1.165) is 0 Å². The lowest BCUT2D eigenvalue weighted by Gasteiger charge is -2.09. The van der Waals surface area contributed by atoms with Gasteiger partial charge in [0.2, 0.25) is 0 Å². The summed E-state index contributed by atoms with van der Waals surface area (Å²) in [4.78, 5) is 0. The molecule has 0 spiro atoms. The Kier molecular flexibility index (Phi) is 3.69. The molecule has 0 bridgehead atoms. The smallest absolute Gasteiger partial charge is 0.197 e. The van der Waals surface area contributed by atoms with Crippen molar-refractivity contribution in [1.82, 2.24) is 0 Å². The van der Waals surface area contributed by atoms with Crippen LogP contribution in [0.25, 0.3) is 0 Å². The Hall–Kier alpha value is -1.06. The monoisotopic (exact) mass is 276 g/mol. The molecule has 0 fully saturated rings. The fraction of sp³-hybridized carbons (Fsp3) is 0.167. The maximum atomic E-state index is 13.4. The van der Waals surface area contributed by atoms with E-state index in [1.165, 1.54) is 24.5 Å². The van der Waals surface area contributed by atoms with Gasteiger partial charge < -0.3 is 4.42 Å². The zero-order chi connectivity index (χ0) is 12.4. The highest BCUT2D eigenvalue weighted by Crippen LogP contribution is 2.32. The lowest BCUT2D eigenvalue weighted by Crippen LogP contribution is -2.01. The van der Waals surface area contributed by atoms with Gasteiger partial charge in [-0.1, -0.05) is 6.07 Å². The summed E-state index contributed by atoms with van der Waals surface area (Å²) in [7, 11) is 0. The average Bonchev–Trinajstić information content (AvgIpc) is 2.70. The molecule has 1 heterocycles. The van der Waals surface area contributed by atoms with Gasteiger partial charge in [0.15, 0.2) is 5.22 Å². The number of rotatable bonds is 3. The summed E-state index contributed by atoms with van der Waals surface area (Å²) in [6, 6.07) is 5.28. The first kappa shape index (κ1) is 12.4. The first-order valence-corrected chi connectivity index (χ1v) is 5.71. The second-order valence-electron chi connectivity index (χ2n) is 3.52. The molecule has 90 valence electrons. The van der Waals surface area contributed by atoms with Gasteiger partial charge in [0.1, 0.15) is 11.6 Å². The molecule has 2 rings (SSSR count). The zero-order valence-electron chi connectivity index (χ0n) is 8.59. The van der Waals surface area contributed by atoms with Gasteiger partial charge in [-0.3, -0.25) is 0 Å². The number of hydrogen-bond donors (Lipinski definition) is 0. The number of alkyl halides is 1. The minimum absolute atomic E-state index is 0.0132. The second-order valence-corrected chi connectivity index (χ2v) is 4.39. The molecule has 5 heteroatoms. The Bertz CT molecular complexity index is 505. The SMILES string of the molecule is Fc1cccc(F)c1CC(Cl)c1ccoc1Cl. The Morgan fingerprint density at radius 1 is 1.18 bits per heavy atom. The molecule has 0 saturated carbocycles. The van der Waals surface area contributed by atoms with Crippen LogP contribution in [-0.2, 0) is 6.42 Å². The third-order valence-corrected chi connectivity index (χ3v) is 3.13. The number of halogens is 4. The van der Waals surface area contributed by atoms with Crippen LogP contribution >= 0.6 is 23.2 Å². The molecule has 17 heavy (non-hydrogen) atoms. The largest absolute Gasteiger partial charge is 0.453 e. The van der Waals surface area contributed by atoms with E-state index in [9.17, 15) is 8.78 Å². The molecule has 1 unspecified atom stereocenters. The van der Waals surface area contributed by atoms with Crippen molar-refractivity contribution in [2.45, 2.75) is 11.8 Å². The summed E-state index contributed by atoms with van der Waals surface area (Å²) >= 11 is 11.8. The van der Waals surface area contributed by atoms with Gasteiger partial charge in [-0.05, 0) is 36.2 Å². The molecule has 1 aromatic heterocycles. The molecule has 1 nitrogen and oxygen atoms in total. The van der Waals surface area contributed by atoms with Gasteiger partial charge in [0, 0.05) is 11.1 Å². The Morgan fingerprint density at radius 2 is 1.82 bits per heavy atom. The Balaban J connectivity index is 2.25.